The number of hydrogen-bond donors (Lipinski definition) is 0. The molecule has 0 N–H and O–H groups in total. The van der Waals surface area contributed by atoms with E-state index in [1.807, 2.05) is 46.7 Å². The average molecular weight is 419 g/mol. The van der Waals surface area contributed by atoms with Gasteiger partial charge in [-0.05, 0) is 40.6 Å². The van der Waals surface area contributed by atoms with Crippen LogP contribution in [0.1, 0.15) is 10.9 Å². The third-order valence-electron chi connectivity index (χ3n) is 5.04. The van der Waals surface area contributed by atoms with Crippen molar-refractivity contribution in [2.45, 2.75) is 5.37 Å². The van der Waals surface area contributed by atoms with E-state index < -0.39 is 0 Å². The van der Waals surface area contributed by atoms with Gasteiger partial charge in [-0.25, -0.2) is 4.98 Å². The maximum absolute atomic E-state index is 12.8. The molecule has 5 rings (SSSR count). The first-order valence-corrected chi connectivity index (χ1v) is 11.2. The highest BCUT2D eigenvalue weighted by molar-refractivity contribution is 8.00. The van der Waals surface area contributed by atoms with E-state index in [0.29, 0.717) is 5.75 Å². The van der Waals surface area contributed by atoms with E-state index in [2.05, 4.69) is 30.3 Å². The Kier molecular flexibility index (Phi) is 4.73. The zero-order valence-electron chi connectivity index (χ0n) is 15.7. The molecule has 3 aromatic carbocycles. The smallest absolute Gasteiger partial charge is 0.240 e. The van der Waals surface area contributed by atoms with E-state index in [9.17, 15) is 4.79 Å². The number of methoxy groups -OCH3 is 1. The van der Waals surface area contributed by atoms with E-state index in [1.54, 1.807) is 18.9 Å². The van der Waals surface area contributed by atoms with Crippen molar-refractivity contribution in [2.75, 3.05) is 17.8 Å². The Morgan fingerprint density at radius 2 is 1.83 bits per heavy atom. The molecule has 0 spiro atoms. The molecular formula is C23H18N2O2S2. The zero-order chi connectivity index (χ0) is 19.8. The average Bonchev–Trinajstić information content (AvgIpc) is 3.40. The standard InChI is InChI=1S/C23H18N2O2S2/c1-27-17-11-9-16(10-12-17)20-13-29-23(24-20)25-21(26)14-28-22(25)19-8-4-6-15-5-2-3-7-18(15)19/h2-13,22H,14H2,1H3. The second-order valence-electron chi connectivity index (χ2n) is 6.74. The molecule has 1 amide bonds. The molecule has 6 heteroatoms. The molecule has 1 fully saturated rings. The summed E-state index contributed by atoms with van der Waals surface area (Å²) in [6.07, 6.45) is 0. The molecule has 1 aliphatic rings. The lowest BCUT2D eigenvalue weighted by molar-refractivity contribution is -0.115. The second-order valence-corrected chi connectivity index (χ2v) is 8.64. The maximum atomic E-state index is 12.8. The van der Waals surface area contributed by atoms with Crippen LogP contribution in [0.25, 0.3) is 22.0 Å². The molecule has 144 valence electrons. The number of aromatic nitrogens is 1. The molecule has 4 aromatic rings. The molecule has 0 saturated carbocycles. The Morgan fingerprint density at radius 3 is 2.66 bits per heavy atom. The minimum atomic E-state index is -0.0662. The Hall–Kier alpha value is -2.83. The molecule has 0 aliphatic carbocycles. The lowest BCUT2D eigenvalue weighted by Gasteiger charge is -2.22. The molecule has 1 atom stereocenters. The molecule has 4 nitrogen and oxygen atoms in total. The van der Waals surface area contributed by atoms with Crippen LogP contribution in [0.5, 0.6) is 5.75 Å². The van der Waals surface area contributed by atoms with Crippen LogP contribution in [-0.4, -0.2) is 23.8 Å². The topological polar surface area (TPSA) is 42.4 Å². The van der Waals surface area contributed by atoms with Crippen molar-refractivity contribution in [2.24, 2.45) is 0 Å². The number of thiazole rings is 1. The fourth-order valence-electron chi connectivity index (χ4n) is 3.60. The summed E-state index contributed by atoms with van der Waals surface area (Å²) in [6, 6.07) is 22.4. The van der Waals surface area contributed by atoms with E-state index in [-0.39, 0.29) is 11.3 Å². The van der Waals surface area contributed by atoms with E-state index in [4.69, 9.17) is 9.72 Å². The van der Waals surface area contributed by atoms with Gasteiger partial charge in [0.05, 0.1) is 18.6 Å². The monoisotopic (exact) mass is 418 g/mol. The minimum absolute atomic E-state index is 0.0662. The van der Waals surface area contributed by atoms with Crippen LogP contribution in [-0.2, 0) is 4.79 Å². The molecule has 2 heterocycles. The number of fused-ring (bicyclic) bond motifs is 1. The summed E-state index contributed by atoms with van der Waals surface area (Å²) in [7, 11) is 1.65. The highest BCUT2D eigenvalue weighted by Crippen LogP contribution is 2.45. The number of ether oxygens (including phenoxy) is 1. The van der Waals surface area contributed by atoms with E-state index >= 15 is 0 Å². The first-order valence-electron chi connectivity index (χ1n) is 9.26. The third kappa shape index (κ3) is 3.28. The number of hydrogen-bond acceptors (Lipinski definition) is 5. The SMILES string of the molecule is COc1ccc(-c2csc(N3C(=O)CSC3c3cccc4ccccc34)n2)cc1. The van der Waals surface area contributed by atoms with Crippen LogP contribution in [0.2, 0.25) is 0 Å². The predicted octanol–water partition coefficient (Wildman–Crippen LogP) is 5.75. The van der Waals surface area contributed by atoms with Crippen molar-refractivity contribution in [3.8, 4) is 17.0 Å². The zero-order valence-corrected chi connectivity index (χ0v) is 17.4. The van der Waals surface area contributed by atoms with Crippen molar-refractivity contribution in [3.05, 3.63) is 77.7 Å². The van der Waals surface area contributed by atoms with Crippen LogP contribution < -0.4 is 9.64 Å². The minimum Gasteiger partial charge on any atom is -0.497 e. The second kappa shape index (κ2) is 7.54. The molecule has 1 unspecified atom stereocenters. The van der Waals surface area contributed by atoms with Crippen LogP contribution in [0.3, 0.4) is 0 Å². The van der Waals surface area contributed by atoms with Crippen molar-refractivity contribution < 1.29 is 9.53 Å². The number of rotatable bonds is 4. The number of thioether (sulfide) groups is 1. The van der Waals surface area contributed by atoms with Gasteiger partial charge in [0.15, 0.2) is 5.13 Å². The first-order chi connectivity index (χ1) is 14.2. The molecule has 29 heavy (non-hydrogen) atoms. The number of benzene rings is 3. The van der Waals surface area contributed by atoms with E-state index in [0.717, 1.165) is 27.7 Å². The molecule has 0 bridgehead atoms. The first kappa shape index (κ1) is 18.2. The van der Waals surface area contributed by atoms with Crippen LogP contribution in [0.15, 0.2) is 72.1 Å². The van der Waals surface area contributed by atoms with Crippen molar-refractivity contribution in [3.63, 3.8) is 0 Å². The largest absolute Gasteiger partial charge is 0.497 e. The van der Waals surface area contributed by atoms with Crippen molar-refractivity contribution in [1.82, 2.24) is 4.98 Å². The molecule has 1 aliphatic heterocycles. The summed E-state index contributed by atoms with van der Waals surface area (Å²) in [4.78, 5) is 19.4. The highest BCUT2D eigenvalue weighted by atomic mass is 32.2. The van der Waals surface area contributed by atoms with Gasteiger partial charge in [0.2, 0.25) is 5.91 Å². The summed E-state index contributed by atoms with van der Waals surface area (Å²) in [5.41, 5.74) is 3.03. The van der Waals surface area contributed by atoms with Gasteiger partial charge < -0.3 is 4.74 Å². The summed E-state index contributed by atoms with van der Waals surface area (Å²) >= 11 is 3.17. The third-order valence-corrected chi connectivity index (χ3v) is 7.08. The molecule has 0 radical (unpaired) electrons. The number of nitrogens with zero attached hydrogens (tertiary/aromatic N) is 2. The Balaban J connectivity index is 1.52. The normalized spacial score (nSPS) is 16.5. The van der Waals surface area contributed by atoms with Crippen molar-refractivity contribution in [1.29, 1.82) is 0 Å². The fourth-order valence-corrected chi connectivity index (χ4v) is 5.73. The van der Waals surface area contributed by atoms with Gasteiger partial charge in [0, 0.05) is 10.9 Å². The van der Waals surface area contributed by atoms with Gasteiger partial charge in [-0.2, -0.15) is 0 Å². The summed E-state index contributed by atoms with van der Waals surface area (Å²) in [5.74, 6) is 1.38. The Labute approximate surface area is 177 Å². The van der Waals surface area contributed by atoms with Crippen LogP contribution in [0, 0.1) is 0 Å². The van der Waals surface area contributed by atoms with Gasteiger partial charge in [-0.1, -0.05) is 42.5 Å². The highest BCUT2D eigenvalue weighted by Gasteiger charge is 2.36. The van der Waals surface area contributed by atoms with Gasteiger partial charge >= 0.3 is 0 Å². The Morgan fingerprint density at radius 1 is 1.03 bits per heavy atom. The molecular weight excluding hydrogens is 400 g/mol. The quantitative estimate of drug-likeness (QED) is 0.423. The number of amides is 1. The maximum Gasteiger partial charge on any atom is 0.240 e. The molecule has 1 saturated heterocycles. The lowest BCUT2D eigenvalue weighted by Crippen LogP contribution is -2.27. The summed E-state index contributed by atoms with van der Waals surface area (Å²) in [5, 5.41) is 5.04. The van der Waals surface area contributed by atoms with Gasteiger partial charge in [0.25, 0.3) is 0 Å². The van der Waals surface area contributed by atoms with Crippen LogP contribution in [0.4, 0.5) is 5.13 Å². The van der Waals surface area contributed by atoms with E-state index in [1.165, 1.54) is 22.1 Å². The van der Waals surface area contributed by atoms with Crippen LogP contribution >= 0.6 is 23.1 Å². The fraction of sp³-hybridized carbons (Fsp3) is 0.130. The van der Waals surface area contributed by atoms with Gasteiger partial charge in [-0.3, -0.25) is 9.69 Å². The number of carbonyl (C=O) groups is 1. The summed E-state index contributed by atoms with van der Waals surface area (Å²) in [6.45, 7) is 0. The number of anilines is 1. The summed E-state index contributed by atoms with van der Waals surface area (Å²) < 4.78 is 5.23. The molecule has 1 aromatic heterocycles. The number of carbonyl (C=O) groups excluding carboxylic acids is 1. The Bertz CT molecular complexity index is 1180. The van der Waals surface area contributed by atoms with Crippen molar-refractivity contribution >= 4 is 44.9 Å². The van der Waals surface area contributed by atoms with Gasteiger partial charge in [0.1, 0.15) is 11.1 Å². The predicted molar refractivity (Wildman–Crippen MR) is 121 cm³/mol. The van der Waals surface area contributed by atoms with Gasteiger partial charge in [-0.15, -0.1) is 23.1 Å². The lowest BCUT2D eigenvalue weighted by atomic mass is 10.0.